The normalized spacial score (nSPS) is 22.2. The first-order valence-electron chi connectivity index (χ1n) is 6.47. The Labute approximate surface area is 117 Å². The fourth-order valence-electron chi connectivity index (χ4n) is 2.14. The van der Waals surface area contributed by atoms with Crippen molar-refractivity contribution in [2.24, 2.45) is 0 Å². The van der Waals surface area contributed by atoms with Crippen LogP contribution in [0, 0.1) is 0 Å². The van der Waals surface area contributed by atoms with Gasteiger partial charge in [-0.05, 0) is 31.0 Å². The van der Waals surface area contributed by atoms with E-state index in [1.807, 2.05) is 6.07 Å². The lowest BCUT2D eigenvalue weighted by Gasteiger charge is -2.24. The number of nitrogens with one attached hydrogen (secondary N) is 1. The van der Waals surface area contributed by atoms with Gasteiger partial charge in [0.05, 0.1) is 13.7 Å². The molecule has 1 aromatic carbocycles. The summed E-state index contributed by atoms with van der Waals surface area (Å²) in [6.45, 7) is 1.17. The third kappa shape index (κ3) is 3.80. The highest BCUT2D eigenvalue weighted by molar-refractivity contribution is 5.43. The zero-order chi connectivity index (χ0) is 14.6. The van der Waals surface area contributed by atoms with Gasteiger partial charge in [0, 0.05) is 18.7 Å². The molecule has 1 saturated heterocycles. The van der Waals surface area contributed by atoms with Crippen LogP contribution in [0.15, 0.2) is 18.2 Å². The van der Waals surface area contributed by atoms with Gasteiger partial charge >= 0.3 is 6.61 Å². The maximum atomic E-state index is 12.4. The summed E-state index contributed by atoms with van der Waals surface area (Å²) in [5.41, 5.74) is 0.790. The van der Waals surface area contributed by atoms with Crippen molar-refractivity contribution in [3.8, 4) is 11.5 Å². The molecule has 0 spiro atoms. The Balaban J connectivity index is 2.04. The van der Waals surface area contributed by atoms with Gasteiger partial charge in [0.1, 0.15) is 0 Å². The number of hydrogen-bond acceptors (Lipinski definition) is 4. The van der Waals surface area contributed by atoms with Crippen LogP contribution in [0.25, 0.3) is 0 Å². The molecule has 1 aliphatic heterocycles. The lowest BCUT2D eigenvalue weighted by Crippen LogP contribution is -2.42. The molecule has 1 atom stereocenters. The first-order chi connectivity index (χ1) is 9.52. The van der Waals surface area contributed by atoms with Crippen LogP contribution < -0.4 is 14.8 Å². The van der Waals surface area contributed by atoms with E-state index < -0.39 is 6.61 Å². The van der Waals surface area contributed by atoms with Crippen LogP contribution >= 0.6 is 0 Å². The molecule has 4 nitrogen and oxygen atoms in total. The lowest BCUT2D eigenvalue weighted by molar-refractivity contribution is -0.0512. The molecule has 20 heavy (non-hydrogen) atoms. The van der Waals surface area contributed by atoms with Crippen molar-refractivity contribution in [1.82, 2.24) is 5.32 Å². The Hall–Kier alpha value is -1.40. The topological polar surface area (TPSA) is 39.7 Å². The van der Waals surface area contributed by atoms with E-state index in [-0.39, 0.29) is 11.3 Å². The van der Waals surface area contributed by atoms with Crippen LogP contribution in [0.3, 0.4) is 0 Å². The Kier molecular flexibility index (Phi) is 4.77. The van der Waals surface area contributed by atoms with Gasteiger partial charge in [-0.15, -0.1) is 0 Å². The molecule has 1 fully saturated rings. The maximum Gasteiger partial charge on any atom is 0.387 e. The van der Waals surface area contributed by atoms with Crippen molar-refractivity contribution in [1.29, 1.82) is 0 Å². The number of hydrogen-bond donors (Lipinski definition) is 1. The predicted octanol–water partition coefficient (Wildman–Crippen LogP) is 2.57. The molecule has 1 aliphatic rings. The smallest absolute Gasteiger partial charge is 0.387 e. The number of benzene rings is 1. The summed E-state index contributed by atoms with van der Waals surface area (Å²) < 4.78 is 39.5. The Morgan fingerprint density at radius 1 is 1.40 bits per heavy atom. The predicted molar refractivity (Wildman–Crippen MR) is 70.3 cm³/mol. The molecular weight excluding hydrogens is 268 g/mol. The summed E-state index contributed by atoms with van der Waals surface area (Å²) in [5.74, 6) is 0.346. The number of methoxy groups -OCH3 is 1. The molecule has 1 heterocycles. The van der Waals surface area contributed by atoms with E-state index >= 15 is 0 Å². The van der Waals surface area contributed by atoms with E-state index in [2.05, 4.69) is 17.0 Å². The molecule has 1 N–H and O–H groups in total. The summed E-state index contributed by atoms with van der Waals surface area (Å²) in [5, 5.41) is 3.38. The first-order valence-corrected chi connectivity index (χ1v) is 6.47. The van der Waals surface area contributed by atoms with Gasteiger partial charge in [-0.25, -0.2) is 0 Å². The molecule has 0 aliphatic carbocycles. The first kappa shape index (κ1) is 15.0. The quantitative estimate of drug-likeness (QED) is 0.873. The second kappa shape index (κ2) is 6.37. The summed E-state index contributed by atoms with van der Waals surface area (Å²) in [6.07, 6.45) is 0.934. The second-order valence-corrected chi connectivity index (χ2v) is 5.08. The van der Waals surface area contributed by atoms with Crippen molar-refractivity contribution in [3.05, 3.63) is 23.8 Å². The van der Waals surface area contributed by atoms with E-state index in [9.17, 15) is 8.78 Å². The van der Waals surface area contributed by atoms with Crippen LogP contribution in [0.1, 0.15) is 18.9 Å². The van der Waals surface area contributed by atoms with Gasteiger partial charge in [-0.2, -0.15) is 8.78 Å². The van der Waals surface area contributed by atoms with Crippen LogP contribution in [0.4, 0.5) is 8.78 Å². The molecule has 0 saturated carbocycles. The maximum absolute atomic E-state index is 12.4. The van der Waals surface area contributed by atoms with Crippen molar-refractivity contribution in [2.75, 3.05) is 20.3 Å². The van der Waals surface area contributed by atoms with E-state index in [0.717, 1.165) is 18.6 Å². The average Bonchev–Trinajstić information content (AvgIpc) is 2.83. The number of ether oxygens (including phenoxy) is 3. The van der Waals surface area contributed by atoms with Gasteiger partial charge in [-0.3, -0.25) is 0 Å². The van der Waals surface area contributed by atoms with Crippen LogP contribution in [0.5, 0.6) is 11.5 Å². The van der Waals surface area contributed by atoms with Gasteiger partial charge in [0.2, 0.25) is 0 Å². The molecule has 1 unspecified atom stereocenters. The standard InChI is InChI=1S/C14H19F2NO3/c1-14(5-6-19-9-14)17-8-10-3-4-11(18-2)12(7-10)20-13(15)16/h3-4,7,13,17H,5-6,8-9H2,1-2H3. The van der Waals surface area contributed by atoms with Crippen molar-refractivity contribution in [2.45, 2.75) is 32.0 Å². The third-order valence-electron chi connectivity index (χ3n) is 3.38. The van der Waals surface area contributed by atoms with Crippen LogP contribution in [0.2, 0.25) is 0 Å². The Bertz CT molecular complexity index is 448. The second-order valence-electron chi connectivity index (χ2n) is 5.08. The zero-order valence-corrected chi connectivity index (χ0v) is 11.6. The van der Waals surface area contributed by atoms with E-state index in [1.54, 1.807) is 12.1 Å². The van der Waals surface area contributed by atoms with Crippen LogP contribution in [-0.4, -0.2) is 32.5 Å². The van der Waals surface area contributed by atoms with E-state index in [1.165, 1.54) is 7.11 Å². The fraction of sp³-hybridized carbons (Fsp3) is 0.571. The summed E-state index contributed by atoms with van der Waals surface area (Å²) in [7, 11) is 1.42. The van der Waals surface area contributed by atoms with Gasteiger partial charge in [-0.1, -0.05) is 6.07 Å². The molecule has 0 aromatic heterocycles. The molecular formula is C14H19F2NO3. The molecule has 0 radical (unpaired) electrons. The largest absolute Gasteiger partial charge is 0.493 e. The summed E-state index contributed by atoms with van der Waals surface area (Å²) >= 11 is 0. The summed E-state index contributed by atoms with van der Waals surface area (Å²) in [6, 6.07) is 5.02. The van der Waals surface area contributed by atoms with Crippen LogP contribution in [-0.2, 0) is 11.3 Å². The molecule has 2 rings (SSSR count). The Morgan fingerprint density at radius 2 is 2.20 bits per heavy atom. The van der Waals surface area contributed by atoms with Gasteiger partial charge in [0.25, 0.3) is 0 Å². The van der Waals surface area contributed by atoms with Crippen molar-refractivity contribution >= 4 is 0 Å². The minimum Gasteiger partial charge on any atom is -0.493 e. The molecule has 0 bridgehead atoms. The molecule has 1 aromatic rings. The minimum absolute atomic E-state index is 0.0506. The van der Waals surface area contributed by atoms with Gasteiger partial charge in [0.15, 0.2) is 11.5 Å². The van der Waals surface area contributed by atoms with E-state index in [0.29, 0.717) is 18.9 Å². The molecule has 0 amide bonds. The van der Waals surface area contributed by atoms with Gasteiger partial charge < -0.3 is 19.5 Å². The third-order valence-corrected chi connectivity index (χ3v) is 3.38. The molecule has 112 valence electrons. The number of alkyl halides is 2. The van der Waals surface area contributed by atoms with Crippen molar-refractivity contribution < 1.29 is 23.0 Å². The highest BCUT2D eigenvalue weighted by atomic mass is 19.3. The fourth-order valence-corrected chi connectivity index (χ4v) is 2.14. The lowest BCUT2D eigenvalue weighted by atomic mass is 10.0. The zero-order valence-electron chi connectivity index (χ0n) is 11.6. The average molecular weight is 287 g/mol. The molecule has 6 heteroatoms. The summed E-state index contributed by atoms with van der Waals surface area (Å²) in [4.78, 5) is 0. The highest BCUT2D eigenvalue weighted by Crippen LogP contribution is 2.29. The number of rotatable bonds is 6. The number of halogens is 2. The SMILES string of the molecule is COc1ccc(CNC2(C)CCOC2)cc1OC(F)F. The highest BCUT2D eigenvalue weighted by Gasteiger charge is 2.28. The Morgan fingerprint density at radius 3 is 2.80 bits per heavy atom. The van der Waals surface area contributed by atoms with Crippen molar-refractivity contribution in [3.63, 3.8) is 0 Å². The van der Waals surface area contributed by atoms with E-state index in [4.69, 9.17) is 9.47 Å². The minimum atomic E-state index is -2.87. The monoisotopic (exact) mass is 287 g/mol.